The number of aryl methyl sites for hydroxylation is 2. The molecule has 1 fully saturated rings. The van der Waals surface area contributed by atoms with E-state index in [2.05, 4.69) is 23.5 Å². The number of hydrogen-bond donors (Lipinski definition) is 2. The largest absolute Gasteiger partial charge is 0.480 e. The molecule has 0 saturated carbocycles. The second-order valence-corrected chi connectivity index (χ2v) is 4.53. The van der Waals surface area contributed by atoms with Crippen molar-refractivity contribution in [3.8, 4) is 0 Å². The molecule has 0 spiro atoms. The zero-order valence-corrected chi connectivity index (χ0v) is 9.66. The molecule has 0 amide bonds. The highest BCUT2D eigenvalue weighted by Gasteiger charge is 2.34. The van der Waals surface area contributed by atoms with Crippen LogP contribution in [0.4, 0.5) is 0 Å². The molecular formula is C13H17NO2. The summed E-state index contributed by atoms with van der Waals surface area (Å²) in [6.45, 7) is 4.88. The van der Waals surface area contributed by atoms with E-state index in [0.29, 0.717) is 0 Å². The first-order chi connectivity index (χ1) is 7.59. The van der Waals surface area contributed by atoms with E-state index in [4.69, 9.17) is 5.11 Å². The van der Waals surface area contributed by atoms with Gasteiger partial charge in [0.1, 0.15) is 6.04 Å². The van der Waals surface area contributed by atoms with Crippen LogP contribution in [0.15, 0.2) is 18.2 Å². The number of nitrogens with one attached hydrogen (secondary N) is 1. The van der Waals surface area contributed by atoms with Gasteiger partial charge in [0, 0.05) is 5.92 Å². The number of carboxylic acid groups (broad SMARTS) is 1. The number of carbonyl (C=O) groups is 1. The molecule has 2 rings (SSSR count). The van der Waals surface area contributed by atoms with Crippen molar-refractivity contribution in [2.75, 3.05) is 6.54 Å². The van der Waals surface area contributed by atoms with Gasteiger partial charge in [0.15, 0.2) is 0 Å². The average Bonchev–Trinajstić information content (AvgIpc) is 2.70. The Kier molecular flexibility index (Phi) is 2.97. The zero-order valence-electron chi connectivity index (χ0n) is 9.66. The highest BCUT2D eigenvalue weighted by Crippen LogP contribution is 2.30. The van der Waals surface area contributed by atoms with Crippen molar-refractivity contribution in [2.24, 2.45) is 0 Å². The lowest BCUT2D eigenvalue weighted by atomic mass is 9.88. The molecule has 0 aliphatic carbocycles. The highest BCUT2D eigenvalue weighted by atomic mass is 16.4. The number of carboxylic acids is 1. The number of aliphatic carboxylic acids is 1. The minimum Gasteiger partial charge on any atom is -0.480 e. The molecule has 1 heterocycles. The smallest absolute Gasteiger partial charge is 0.321 e. The van der Waals surface area contributed by atoms with Gasteiger partial charge in [-0.3, -0.25) is 4.79 Å². The molecule has 2 N–H and O–H groups in total. The van der Waals surface area contributed by atoms with Crippen molar-refractivity contribution in [1.29, 1.82) is 0 Å². The van der Waals surface area contributed by atoms with Gasteiger partial charge < -0.3 is 10.4 Å². The maximum Gasteiger partial charge on any atom is 0.321 e. The molecule has 0 bridgehead atoms. The van der Waals surface area contributed by atoms with Crippen molar-refractivity contribution < 1.29 is 9.90 Å². The van der Waals surface area contributed by atoms with Crippen LogP contribution in [0.3, 0.4) is 0 Å². The molecule has 86 valence electrons. The van der Waals surface area contributed by atoms with E-state index < -0.39 is 12.0 Å². The van der Waals surface area contributed by atoms with Gasteiger partial charge in [-0.2, -0.15) is 0 Å². The van der Waals surface area contributed by atoms with Gasteiger partial charge >= 0.3 is 5.97 Å². The second kappa shape index (κ2) is 4.26. The van der Waals surface area contributed by atoms with Gasteiger partial charge in [0.05, 0.1) is 0 Å². The maximum absolute atomic E-state index is 11.1. The lowest BCUT2D eigenvalue weighted by molar-refractivity contribution is -0.139. The van der Waals surface area contributed by atoms with E-state index >= 15 is 0 Å². The van der Waals surface area contributed by atoms with E-state index in [-0.39, 0.29) is 5.92 Å². The normalized spacial score (nSPS) is 24.6. The molecule has 1 saturated heterocycles. The van der Waals surface area contributed by atoms with Crippen LogP contribution in [0, 0.1) is 13.8 Å². The number of hydrogen-bond acceptors (Lipinski definition) is 2. The van der Waals surface area contributed by atoms with Gasteiger partial charge in [-0.15, -0.1) is 0 Å². The first-order valence-electron chi connectivity index (χ1n) is 5.63. The van der Waals surface area contributed by atoms with Crippen LogP contribution >= 0.6 is 0 Å². The summed E-state index contributed by atoms with van der Waals surface area (Å²) in [7, 11) is 0. The molecule has 0 radical (unpaired) electrons. The molecule has 1 aromatic carbocycles. The molecule has 1 aromatic rings. The van der Waals surface area contributed by atoms with Crippen LogP contribution in [-0.4, -0.2) is 23.7 Å². The summed E-state index contributed by atoms with van der Waals surface area (Å²) in [5.74, 6) is -0.638. The Balaban J connectivity index is 2.35. The molecule has 1 aliphatic rings. The molecule has 0 aromatic heterocycles. The minimum atomic E-state index is -0.747. The van der Waals surface area contributed by atoms with Crippen LogP contribution in [-0.2, 0) is 4.79 Å². The molecule has 16 heavy (non-hydrogen) atoms. The van der Waals surface area contributed by atoms with E-state index in [1.165, 1.54) is 16.7 Å². The fraction of sp³-hybridized carbons (Fsp3) is 0.462. The van der Waals surface area contributed by atoms with E-state index in [1.54, 1.807) is 0 Å². The van der Waals surface area contributed by atoms with Gasteiger partial charge in [0.25, 0.3) is 0 Å². The van der Waals surface area contributed by atoms with Crippen molar-refractivity contribution in [3.05, 3.63) is 34.9 Å². The van der Waals surface area contributed by atoms with Gasteiger partial charge in [0.2, 0.25) is 0 Å². The van der Waals surface area contributed by atoms with Gasteiger partial charge in [-0.05, 0) is 37.9 Å². The van der Waals surface area contributed by atoms with E-state index in [0.717, 1.165) is 13.0 Å². The van der Waals surface area contributed by atoms with Crippen LogP contribution < -0.4 is 5.32 Å². The SMILES string of the molecule is Cc1ccc(C)c(C2CCNC2C(=O)O)c1. The van der Waals surface area contributed by atoms with E-state index in [1.807, 2.05) is 13.8 Å². The van der Waals surface area contributed by atoms with Crippen LogP contribution in [0.5, 0.6) is 0 Å². The summed E-state index contributed by atoms with van der Waals surface area (Å²) in [5.41, 5.74) is 3.56. The summed E-state index contributed by atoms with van der Waals surface area (Å²) in [6.07, 6.45) is 0.904. The van der Waals surface area contributed by atoms with Crippen molar-refractivity contribution >= 4 is 5.97 Å². The van der Waals surface area contributed by atoms with Crippen LogP contribution in [0.25, 0.3) is 0 Å². The maximum atomic E-state index is 11.1. The fourth-order valence-corrected chi connectivity index (χ4v) is 2.46. The number of rotatable bonds is 2. The lowest BCUT2D eigenvalue weighted by Gasteiger charge is -2.18. The van der Waals surface area contributed by atoms with Crippen molar-refractivity contribution in [3.63, 3.8) is 0 Å². The van der Waals surface area contributed by atoms with Crippen LogP contribution in [0.2, 0.25) is 0 Å². The number of benzene rings is 1. The molecule has 1 aliphatic heterocycles. The predicted octanol–water partition coefficient (Wildman–Crippen LogP) is 1.83. The average molecular weight is 219 g/mol. The van der Waals surface area contributed by atoms with Crippen molar-refractivity contribution in [1.82, 2.24) is 5.32 Å². The molecule has 3 heteroatoms. The van der Waals surface area contributed by atoms with Gasteiger partial charge in [-0.1, -0.05) is 23.8 Å². The van der Waals surface area contributed by atoms with Crippen LogP contribution in [0.1, 0.15) is 29.0 Å². The Labute approximate surface area is 95.5 Å². The Hall–Kier alpha value is -1.35. The standard InChI is InChI=1S/C13H17NO2/c1-8-3-4-9(2)11(7-8)10-5-6-14-12(10)13(15)16/h3-4,7,10,12,14H,5-6H2,1-2H3,(H,15,16). The summed E-state index contributed by atoms with van der Waals surface area (Å²) in [5, 5.41) is 12.2. The Bertz CT molecular complexity index is 414. The lowest BCUT2D eigenvalue weighted by Crippen LogP contribution is -2.34. The first-order valence-corrected chi connectivity index (χ1v) is 5.63. The summed E-state index contributed by atoms with van der Waals surface area (Å²) >= 11 is 0. The third-order valence-corrected chi connectivity index (χ3v) is 3.32. The minimum absolute atomic E-state index is 0.109. The highest BCUT2D eigenvalue weighted by molar-refractivity contribution is 5.75. The molecule has 2 atom stereocenters. The molecular weight excluding hydrogens is 202 g/mol. The quantitative estimate of drug-likeness (QED) is 0.798. The van der Waals surface area contributed by atoms with E-state index in [9.17, 15) is 4.79 Å². The summed E-state index contributed by atoms with van der Waals surface area (Å²) < 4.78 is 0. The van der Waals surface area contributed by atoms with Gasteiger partial charge in [-0.25, -0.2) is 0 Å². The third kappa shape index (κ3) is 1.95. The molecule has 3 nitrogen and oxygen atoms in total. The third-order valence-electron chi connectivity index (χ3n) is 3.32. The second-order valence-electron chi connectivity index (χ2n) is 4.53. The molecule has 2 unspecified atom stereocenters. The predicted molar refractivity (Wildman–Crippen MR) is 62.7 cm³/mol. The summed E-state index contributed by atoms with van der Waals surface area (Å²) in [4.78, 5) is 11.1. The monoisotopic (exact) mass is 219 g/mol. The Morgan fingerprint density at radius 1 is 1.44 bits per heavy atom. The zero-order chi connectivity index (χ0) is 11.7. The Morgan fingerprint density at radius 3 is 2.88 bits per heavy atom. The van der Waals surface area contributed by atoms with Crippen molar-refractivity contribution in [2.45, 2.75) is 32.2 Å². The topological polar surface area (TPSA) is 49.3 Å². The Morgan fingerprint density at radius 2 is 2.19 bits per heavy atom. The summed E-state index contributed by atoms with van der Waals surface area (Å²) in [6, 6.07) is 5.82. The fourth-order valence-electron chi connectivity index (χ4n) is 2.46. The first kappa shape index (κ1) is 11.1.